The number of halogens is 1. The van der Waals surface area contributed by atoms with Gasteiger partial charge in [0.15, 0.2) is 5.75 Å². The topological polar surface area (TPSA) is 58.0 Å². The lowest BCUT2D eigenvalue weighted by Crippen LogP contribution is -2.46. The Balaban J connectivity index is 1.17. The number of hydrogen-bond acceptors (Lipinski definition) is 5. The first-order valence-electron chi connectivity index (χ1n) is 13.1. The summed E-state index contributed by atoms with van der Waals surface area (Å²) in [5.41, 5.74) is 3.19. The fraction of sp³-hybridized carbons (Fsp3) is 0.367. The van der Waals surface area contributed by atoms with E-state index in [1.165, 1.54) is 5.56 Å². The van der Waals surface area contributed by atoms with E-state index in [9.17, 15) is 4.79 Å². The summed E-state index contributed by atoms with van der Waals surface area (Å²) in [5.74, 6) is 1.36. The Kier molecular flexibility index (Phi) is 8.49. The van der Waals surface area contributed by atoms with Crippen molar-refractivity contribution in [3.8, 4) is 5.75 Å². The Bertz CT molecular complexity index is 1170. The average molecular weight is 517 g/mol. The van der Waals surface area contributed by atoms with E-state index in [1.54, 1.807) is 0 Å². The Morgan fingerprint density at radius 3 is 2.19 bits per heavy atom. The normalized spacial score (nSPS) is 18.1. The number of nitrogens with zero attached hydrogens (tertiary/aromatic N) is 4. The van der Waals surface area contributed by atoms with Crippen molar-refractivity contribution in [1.29, 1.82) is 0 Å². The molecular weight excluding hydrogens is 484 g/mol. The molecule has 0 saturated carbocycles. The van der Waals surface area contributed by atoms with Crippen LogP contribution in [0.25, 0.3) is 0 Å². The third-order valence-electron chi connectivity index (χ3n) is 7.42. The number of carbonyl (C=O) groups is 1. The highest BCUT2D eigenvalue weighted by atomic mass is 35.5. The molecule has 37 heavy (non-hydrogen) atoms. The van der Waals surface area contributed by atoms with E-state index >= 15 is 0 Å². The Morgan fingerprint density at radius 1 is 0.865 bits per heavy atom. The number of aromatic nitrogens is 1. The molecule has 0 unspecified atom stereocenters. The molecule has 3 heterocycles. The van der Waals surface area contributed by atoms with Crippen LogP contribution < -0.4 is 4.84 Å². The Labute approximate surface area is 223 Å². The number of para-hydroxylation sites is 1. The molecule has 0 bridgehead atoms. The molecule has 0 N–H and O–H groups in total. The second-order valence-corrected chi connectivity index (χ2v) is 10.3. The zero-order chi connectivity index (χ0) is 25.5. The molecule has 6 nitrogen and oxygen atoms in total. The molecule has 2 aliphatic rings. The molecule has 2 saturated heterocycles. The standard InChI is InChI=1S/C30H33ClN4O2/c31-27-8-6-24(7-9-27)29(33-37-28-4-2-1-3-5-28)25-14-20-35(21-15-25)30(36)26-12-18-34(19-13-26)22-23-10-16-32-17-11-23/h1-11,16-17,25-26H,12-15,18-22H2/b33-29-. The molecule has 2 aliphatic heterocycles. The van der Waals surface area contributed by atoms with E-state index in [-0.39, 0.29) is 11.8 Å². The van der Waals surface area contributed by atoms with E-state index in [0.29, 0.717) is 16.7 Å². The van der Waals surface area contributed by atoms with Crippen molar-refractivity contribution in [2.45, 2.75) is 32.2 Å². The summed E-state index contributed by atoms with van der Waals surface area (Å²) in [7, 11) is 0. The first kappa shape index (κ1) is 25.4. The van der Waals surface area contributed by atoms with Gasteiger partial charge in [0.25, 0.3) is 0 Å². The summed E-state index contributed by atoms with van der Waals surface area (Å²) in [5, 5.41) is 5.27. The summed E-state index contributed by atoms with van der Waals surface area (Å²) < 4.78 is 0. The highest BCUT2D eigenvalue weighted by molar-refractivity contribution is 6.30. The summed E-state index contributed by atoms with van der Waals surface area (Å²) in [6, 6.07) is 21.5. The minimum absolute atomic E-state index is 0.121. The summed E-state index contributed by atoms with van der Waals surface area (Å²) in [4.78, 5) is 27.7. The number of pyridine rings is 1. The maximum Gasteiger partial charge on any atom is 0.225 e. The molecule has 0 aliphatic carbocycles. The van der Waals surface area contributed by atoms with Crippen molar-refractivity contribution in [3.05, 3.63) is 95.3 Å². The van der Waals surface area contributed by atoms with Crippen LogP contribution in [0.3, 0.4) is 0 Å². The molecule has 0 radical (unpaired) electrons. The van der Waals surface area contributed by atoms with Crippen LogP contribution in [0.4, 0.5) is 0 Å². The van der Waals surface area contributed by atoms with Gasteiger partial charge in [-0.05, 0) is 86.3 Å². The third-order valence-corrected chi connectivity index (χ3v) is 7.67. The molecule has 7 heteroatoms. The Hall–Kier alpha value is -3.22. The highest BCUT2D eigenvalue weighted by Gasteiger charge is 2.32. The minimum Gasteiger partial charge on any atom is -0.357 e. The van der Waals surface area contributed by atoms with Gasteiger partial charge in [-0.1, -0.05) is 47.1 Å². The smallest absolute Gasteiger partial charge is 0.225 e. The van der Waals surface area contributed by atoms with E-state index in [0.717, 1.165) is 69.7 Å². The lowest BCUT2D eigenvalue weighted by atomic mass is 9.87. The quantitative estimate of drug-likeness (QED) is 0.300. The zero-order valence-corrected chi connectivity index (χ0v) is 21.8. The Morgan fingerprint density at radius 2 is 1.51 bits per heavy atom. The first-order chi connectivity index (χ1) is 18.2. The van der Waals surface area contributed by atoms with Crippen molar-refractivity contribution < 1.29 is 9.63 Å². The number of rotatable bonds is 7. The second-order valence-electron chi connectivity index (χ2n) is 9.89. The molecule has 5 rings (SSSR count). The average Bonchev–Trinajstić information content (AvgIpc) is 2.96. The molecule has 2 aromatic carbocycles. The first-order valence-corrected chi connectivity index (χ1v) is 13.5. The van der Waals surface area contributed by atoms with Gasteiger partial charge in [0.05, 0.1) is 5.71 Å². The SMILES string of the molecule is O=C(C1CCN(Cc2ccncc2)CC1)N1CCC(/C(=N\Oc2ccccc2)c2ccc(Cl)cc2)CC1. The van der Waals surface area contributed by atoms with Gasteiger partial charge in [0.2, 0.25) is 5.91 Å². The van der Waals surface area contributed by atoms with Gasteiger partial charge >= 0.3 is 0 Å². The van der Waals surface area contributed by atoms with E-state index in [4.69, 9.17) is 16.4 Å². The van der Waals surface area contributed by atoms with Crippen molar-refractivity contribution in [2.75, 3.05) is 26.2 Å². The number of carbonyl (C=O) groups excluding carboxylic acids is 1. The summed E-state index contributed by atoms with van der Waals surface area (Å²) in [6.07, 6.45) is 7.26. The fourth-order valence-corrected chi connectivity index (χ4v) is 5.41. The number of piperidine rings is 2. The number of amides is 1. The molecular formula is C30H33ClN4O2. The summed E-state index contributed by atoms with van der Waals surface area (Å²) in [6.45, 7) is 4.34. The lowest BCUT2D eigenvalue weighted by molar-refractivity contribution is -0.138. The molecule has 3 aromatic rings. The number of benzene rings is 2. The van der Waals surface area contributed by atoms with Crippen molar-refractivity contribution in [3.63, 3.8) is 0 Å². The van der Waals surface area contributed by atoms with E-state index in [2.05, 4.69) is 32.1 Å². The van der Waals surface area contributed by atoms with Gasteiger partial charge in [-0.3, -0.25) is 14.7 Å². The maximum atomic E-state index is 13.3. The molecule has 0 spiro atoms. The van der Waals surface area contributed by atoms with E-state index in [1.807, 2.05) is 67.0 Å². The van der Waals surface area contributed by atoms with Gasteiger partial charge in [0, 0.05) is 48.9 Å². The van der Waals surface area contributed by atoms with Crippen molar-refractivity contribution in [1.82, 2.24) is 14.8 Å². The zero-order valence-electron chi connectivity index (χ0n) is 21.0. The van der Waals surface area contributed by atoms with Crippen LogP contribution in [0, 0.1) is 11.8 Å². The van der Waals surface area contributed by atoms with Gasteiger partial charge < -0.3 is 9.74 Å². The second kappa shape index (κ2) is 12.3. The van der Waals surface area contributed by atoms with Crippen LogP contribution >= 0.6 is 11.6 Å². The van der Waals surface area contributed by atoms with E-state index < -0.39 is 0 Å². The lowest BCUT2D eigenvalue weighted by Gasteiger charge is -2.37. The van der Waals surface area contributed by atoms with Crippen LogP contribution in [0.1, 0.15) is 36.8 Å². The van der Waals surface area contributed by atoms with Crippen LogP contribution in [-0.2, 0) is 11.3 Å². The van der Waals surface area contributed by atoms with Gasteiger partial charge in [0.1, 0.15) is 0 Å². The van der Waals surface area contributed by atoms with Crippen LogP contribution in [0.15, 0.2) is 84.3 Å². The molecule has 192 valence electrons. The van der Waals surface area contributed by atoms with Crippen molar-refractivity contribution >= 4 is 23.2 Å². The maximum absolute atomic E-state index is 13.3. The fourth-order valence-electron chi connectivity index (χ4n) is 5.28. The van der Waals surface area contributed by atoms with Gasteiger partial charge in [-0.25, -0.2) is 0 Å². The summed E-state index contributed by atoms with van der Waals surface area (Å²) >= 11 is 6.13. The van der Waals surface area contributed by atoms with Gasteiger partial charge in [-0.2, -0.15) is 0 Å². The van der Waals surface area contributed by atoms with Gasteiger partial charge in [-0.15, -0.1) is 0 Å². The molecule has 0 atom stereocenters. The molecule has 1 amide bonds. The largest absolute Gasteiger partial charge is 0.357 e. The highest BCUT2D eigenvalue weighted by Crippen LogP contribution is 2.27. The third kappa shape index (κ3) is 6.76. The van der Waals surface area contributed by atoms with Crippen LogP contribution in [-0.4, -0.2) is 52.6 Å². The molecule has 1 aromatic heterocycles. The predicted molar refractivity (Wildman–Crippen MR) is 147 cm³/mol. The van der Waals surface area contributed by atoms with Crippen LogP contribution in [0.5, 0.6) is 5.75 Å². The molecule has 2 fully saturated rings. The van der Waals surface area contributed by atoms with Crippen molar-refractivity contribution in [2.24, 2.45) is 17.0 Å². The predicted octanol–water partition coefficient (Wildman–Crippen LogP) is 5.67. The number of hydrogen-bond donors (Lipinski definition) is 0. The monoisotopic (exact) mass is 516 g/mol. The number of oxime groups is 1. The van der Waals surface area contributed by atoms with Crippen LogP contribution in [0.2, 0.25) is 5.02 Å². The minimum atomic E-state index is 0.121. The number of likely N-dealkylation sites (tertiary alicyclic amines) is 2.